The van der Waals surface area contributed by atoms with E-state index in [9.17, 15) is 0 Å². The third kappa shape index (κ3) is 3.65. The minimum Gasteiger partial charge on any atom is -0.306 e. The zero-order valence-electron chi connectivity index (χ0n) is 14.6. The summed E-state index contributed by atoms with van der Waals surface area (Å²) in [7, 11) is 2.22. The highest BCUT2D eigenvalue weighted by molar-refractivity contribution is 5.34. The zero-order chi connectivity index (χ0) is 17.1. The smallest absolute Gasteiger partial charge is 0.0991 e. The van der Waals surface area contributed by atoms with Crippen LogP contribution in [0.5, 0.6) is 0 Å². The molecule has 3 aromatic rings. The van der Waals surface area contributed by atoms with Gasteiger partial charge in [-0.1, -0.05) is 42.5 Å². The van der Waals surface area contributed by atoms with Crippen LogP contribution in [0.2, 0.25) is 0 Å². The molecule has 1 unspecified atom stereocenters. The van der Waals surface area contributed by atoms with E-state index in [1.54, 1.807) is 0 Å². The Balaban J connectivity index is 1.52. The highest BCUT2D eigenvalue weighted by Crippen LogP contribution is 2.26. The molecule has 0 saturated carbocycles. The van der Waals surface area contributed by atoms with Gasteiger partial charge in [0.1, 0.15) is 0 Å². The summed E-state index contributed by atoms with van der Waals surface area (Å²) >= 11 is 0. The number of benzene rings is 2. The van der Waals surface area contributed by atoms with Crippen molar-refractivity contribution in [2.75, 3.05) is 26.7 Å². The first kappa shape index (κ1) is 16.1. The second kappa shape index (κ2) is 7.21. The summed E-state index contributed by atoms with van der Waals surface area (Å²) in [5.41, 5.74) is 3.91. The summed E-state index contributed by atoms with van der Waals surface area (Å²) in [6.45, 7) is 4.28. The van der Waals surface area contributed by atoms with Gasteiger partial charge in [0.05, 0.1) is 6.33 Å². The van der Waals surface area contributed by atoms with Crippen LogP contribution in [-0.2, 0) is 6.54 Å². The minimum absolute atomic E-state index is 0.452. The third-order valence-corrected chi connectivity index (χ3v) is 5.00. The molecule has 0 radical (unpaired) electrons. The summed E-state index contributed by atoms with van der Waals surface area (Å²) in [5.74, 6) is 0. The summed E-state index contributed by atoms with van der Waals surface area (Å²) in [6, 6.07) is 20.1. The second-order valence-corrected chi connectivity index (χ2v) is 6.80. The van der Waals surface area contributed by atoms with Gasteiger partial charge in [0, 0.05) is 50.3 Å². The molecule has 0 amide bonds. The fraction of sp³-hybridized carbons (Fsp3) is 0.286. The Hall–Kier alpha value is -2.43. The molecule has 0 bridgehead atoms. The van der Waals surface area contributed by atoms with Crippen molar-refractivity contribution < 1.29 is 0 Å². The lowest BCUT2D eigenvalue weighted by atomic mass is 10.0. The van der Waals surface area contributed by atoms with Gasteiger partial charge in [-0.25, -0.2) is 4.98 Å². The van der Waals surface area contributed by atoms with E-state index in [4.69, 9.17) is 0 Å². The molecule has 1 atom stereocenters. The van der Waals surface area contributed by atoms with E-state index in [0.717, 1.165) is 31.9 Å². The Morgan fingerprint density at radius 1 is 1.00 bits per heavy atom. The number of rotatable bonds is 4. The number of aromatic nitrogens is 2. The molecule has 0 spiro atoms. The van der Waals surface area contributed by atoms with Crippen molar-refractivity contribution in [2.24, 2.45) is 0 Å². The first-order valence-corrected chi connectivity index (χ1v) is 8.84. The molecule has 4 rings (SSSR count). The Labute approximate surface area is 149 Å². The topological polar surface area (TPSA) is 24.3 Å². The lowest BCUT2D eigenvalue weighted by molar-refractivity contribution is 0.0834. The average Bonchev–Trinajstić information content (AvgIpc) is 3.19. The van der Waals surface area contributed by atoms with Crippen LogP contribution in [0.4, 0.5) is 0 Å². The van der Waals surface area contributed by atoms with Crippen LogP contribution in [0, 0.1) is 0 Å². The highest BCUT2D eigenvalue weighted by atomic mass is 15.3. The van der Waals surface area contributed by atoms with Crippen LogP contribution in [-0.4, -0.2) is 46.0 Å². The molecule has 4 nitrogen and oxygen atoms in total. The molecule has 128 valence electrons. The van der Waals surface area contributed by atoms with E-state index in [0.29, 0.717) is 6.04 Å². The fourth-order valence-corrected chi connectivity index (χ4v) is 3.56. The number of nitrogens with zero attached hydrogens (tertiary/aromatic N) is 4. The van der Waals surface area contributed by atoms with E-state index in [1.165, 1.54) is 11.1 Å². The molecule has 1 saturated heterocycles. The Bertz CT molecular complexity index is 781. The van der Waals surface area contributed by atoms with Crippen molar-refractivity contribution in [1.82, 2.24) is 19.4 Å². The van der Waals surface area contributed by atoms with Crippen molar-refractivity contribution in [3.05, 3.63) is 84.4 Å². The van der Waals surface area contributed by atoms with E-state index >= 15 is 0 Å². The van der Waals surface area contributed by atoms with Gasteiger partial charge < -0.3 is 9.47 Å². The van der Waals surface area contributed by atoms with Crippen LogP contribution in [0.3, 0.4) is 0 Å². The fourth-order valence-electron chi connectivity index (χ4n) is 3.56. The first-order chi connectivity index (χ1) is 12.3. The number of hydrogen-bond donors (Lipinski definition) is 0. The predicted molar refractivity (Wildman–Crippen MR) is 101 cm³/mol. The Morgan fingerprint density at radius 3 is 2.52 bits per heavy atom. The maximum Gasteiger partial charge on any atom is 0.0991 e. The van der Waals surface area contributed by atoms with Crippen molar-refractivity contribution in [3.8, 4) is 5.69 Å². The van der Waals surface area contributed by atoms with Crippen LogP contribution < -0.4 is 0 Å². The maximum atomic E-state index is 4.12. The largest absolute Gasteiger partial charge is 0.306 e. The lowest BCUT2D eigenvalue weighted by Crippen LogP contribution is -2.46. The van der Waals surface area contributed by atoms with Gasteiger partial charge in [-0.2, -0.15) is 0 Å². The quantitative estimate of drug-likeness (QED) is 0.732. The normalized spacial score (nSPS) is 19.2. The third-order valence-electron chi connectivity index (χ3n) is 5.00. The average molecular weight is 332 g/mol. The van der Waals surface area contributed by atoms with E-state index in [1.807, 2.05) is 23.3 Å². The van der Waals surface area contributed by atoms with Gasteiger partial charge in [0.15, 0.2) is 0 Å². The second-order valence-electron chi connectivity index (χ2n) is 6.80. The maximum absolute atomic E-state index is 4.12. The summed E-state index contributed by atoms with van der Waals surface area (Å²) < 4.78 is 2.03. The van der Waals surface area contributed by atoms with E-state index in [2.05, 4.69) is 76.4 Å². The monoisotopic (exact) mass is 332 g/mol. The van der Waals surface area contributed by atoms with Gasteiger partial charge in [-0.15, -0.1) is 0 Å². The van der Waals surface area contributed by atoms with E-state index in [-0.39, 0.29) is 0 Å². The van der Waals surface area contributed by atoms with Gasteiger partial charge in [-0.3, -0.25) is 4.90 Å². The molecular formula is C21H24N4. The van der Waals surface area contributed by atoms with Crippen molar-refractivity contribution in [1.29, 1.82) is 0 Å². The van der Waals surface area contributed by atoms with Crippen molar-refractivity contribution >= 4 is 0 Å². The first-order valence-electron chi connectivity index (χ1n) is 8.84. The molecule has 0 aliphatic carbocycles. The van der Waals surface area contributed by atoms with Gasteiger partial charge >= 0.3 is 0 Å². The molecule has 1 aromatic heterocycles. The molecular weight excluding hydrogens is 308 g/mol. The van der Waals surface area contributed by atoms with Crippen LogP contribution in [0.15, 0.2) is 73.3 Å². The van der Waals surface area contributed by atoms with Crippen LogP contribution in [0.1, 0.15) is 17.2 Å². The number of piperazine rings is 1. The van der Waals surface area contributed by atoms with Crippen LogP contribution >= 0.6 is 0 Å². The molecule has 1 aliphatic rings. The molecule has 1 aliphatic heterocycles. The molecule has 25 heavy (non-hydrogen) atoms. The number of hydrogen-bond acceptors (Lipinski definition) is 3. The summed E-state index contributed by atoms with van der Waals surface area (Å²) in [4.78, 5) is 9.14. The zero-order valence-corrected chi connectivity index (χ0v) is 14.6. The van der Waals surface area contributed by atoms with Gasteiger partial charge in [0.25, 0.3) is 0 Å². The van der Waals surface area contributed by atoms with Gasteiger partial charge in [-0.05, 0) is 30.3 Å². The standard InChI is InChI=1S/C21H24N4/c1-23-13-14-24(21(16-23)19-5-3-2-4-6-19)15-18-7-9-20(10-8-18)25-12-11-22-17-25/h2-12,17,21H,13-16H2,1H3. The highest BCUT2D eigenvalue weighted by Gasteiger charge is 2.26. The SMILES string of the molecule is CN1CCN(Cc2ccc(-n3ccnc3)cc2)C(c2ccccc2)C1. The minimum atomic E-state index is 0.452. The summed E-state index contributed by atoms with van der Waals surface area (Å²) in [5, 5.41) is 0. The Morgan fingerprint density at radius 2 is 1.80 bits per heavy atom. The molecule has 2 heterocycles. The van der Waals surface area contributed by atoms with Crippen molar-refractivity contribution in [2.45, 2.75) is 12.6 Å². The molecule has 2 aromatic carbocycles. The van der Waals surface area contributed by atoms with E-state index < -0.39 is 0 Å². The molecule has 0 N–H and O–H groups in total. The van der Waals surface area contributed by atoms with Crippen LogP contribution in [0.25, 0.3) is 5.69 Å². The lowest BCUT2D eigenvalue weighted by Gasteiger charge is -2.40. The molecule has 4 heteroatoms. The number of likely N-dealkylation sites (N-methyl/N-ethyl adjacent to an activating group) is 1. The van der Waals surface area contributed by atoms with Crippen molar-refractivity contribution in [3.63, 3.8) is 0 Å². The summed E-state index contributed by atoms with van der Waals surface area (Å²) in [6.07, 6.45) is 5.62. The number of imidazole rings is 1. The molecule has 1 fully saturated rings. The Kier molecular flexibility index (Phi) is 4.63. The predicted octanol–water partition coefficient (Wildman–Crippen LogP) is 3.36. The van der Waals surface area contributed by atoms with Gasteiger partial charge in [0.2, 0.25) is 0 Å².